The van der Waals surface area contributed by atoms with Crippen LogP contribution in [0, 0.1) is 0 Å². The maximum Gasteiger partial charge on any atom is 0.0406 e. The minimum Gasteiger partial charge on any atom is -0.310 e. The van der Waals surface area contributed by atoms with Crippen molar-refractivity contribution >= 4 is 11.6 Å². The van der Waals surface area contributed by atoms with Crippen LogP contribution in [0.25, 0.3) is 0 Å². The Morgan fingerprint density at radius 1 is 0.950 bits per heavy atom. The molecule has 0 aromatic heterocycles. The zero-order valence-electron chi connectivity index (χ0n) is 12.0. The van der Waals surface area contributed by atoms with Crippen LogP contribution in [0.5, 0.6) is 0 Å². The first kappa shape index (κ1) is 15.1. The van der Waals surface area contributed by atoms with Gasteiger partial charge >= 0.3 is 0 Å². The van der Waals surface area contributed by atoms with Crippen LogP contribution in [0.4, 0.5) is 0 Å². The molecule has 0 heterocycles. The lowest BCUT2D eigenvalue weighted by Crippen LogP contribution is -2.19. The Balaban J connectivity index is 1.64. The molecule has 0 unspecified atom stereocenters. The van der Waals surface area contributed by atoms with Gasteiger partial charge in [-0.1, -0.05) is 54.1 Å². The van der Waals surface area contributed by atoms with E-state index in [4.69, 9.17) is 11.6 Å². The van der Waals surface area contributed by atoms with Crippen molar-refractivity contribution in [2.45, 2.75) is 32.2 Å². The highest BCUT2D eigenvalue weighted by molar-refractivity contribution is 6.30. The second-order valence-corrected chi connectivity index (χ2v) is 5.61. The van der Waals surface area contributed by atoms with Gasteiger partial charge in [0.1, 0.15) is 0 Å². The van der Waals surface area contributed by atoms with Crippen LogP contribution >= 0.6 is 11.6 Å². The maximum absolute atomic E-state index is 5.90. The molecule has 1 atom stereocenters. The number of aryl methyl sites for hydroxylation is 1. The molecular formula is C18H22ClN. The molecule has 1 nitrogen and oxygen atoms in total. The molecule has 0 radical (unpaired) electrons. The first-order chi connectivity index (χ1) is 9.75. The fourth-order valence-corrected chi connectivity index (χ4v) is 2.41. The Kier molecular flexibility index (Phi) is 6.10. The van der Waals surface area contributed by atoms with Crippen molar-refractivity contribution < 1.29 is 0 Å². The Morgan fingerprint density at radius 2 is 1.65 bits per heavy atom. The van der Waals surface area contributed by atoms with Crippen LogP contribution in [0.15, 0.2) is 54.6 Å². The summed E-state index contributed by atoms with van der Waals surface area (Å²) in [5.41, 5.74) is 2.72. The molecule has 20 heavy (non-hydrogen) atoms. The van der Waals surface area contributed by atoms with Crippen molar-refractivity contribution in [3.8, 4) is 0 Å². The average molecular weight is 288 g/mol. The minimum absolute atomic E-state index is 0.379. The molecule has 0 saturated heterocycles. The third-order valence-electron chi connectivity index (χ3n) is 3.56. The summed E-state index contributed by atoms with van der Waals surface area (Å²) in [5, 5.41) is 4.36. The van der Waals surface area contributed by atoms with Crippen molar-refractivity contribution in [2.24, 2.45) is 0 Å². The molecule has 0 aliphatic carbocycles. The zero-order valence-corrected chi connectivity index (χ0v) is 12.7. The molecule has 2 heteroatoms. The third kappa shape index (κ3) is 4.99. The van der Waals surface area contributed by atoms with Crippen molar-refractivity contribution in [3.63, 3.8) is 0 Å². The number of halogens is 1. The standard InChI is InChI=1S/C18H22ClN/c1-15(17-10-12-18(19)13-11-17)20-14-6-5-9-16-7-3-2-4-8-16/h2-4,7-8,10-13,15,20H,5-6,9,14H2,1H3/t15-/m0/s1. The fraction of sp³-hybridized carbons (Fsp3) is 0.333. The van der Waals surface area contributed by atoms with Gasteiger partial charge in [0.05, 0.1) is 0 Å². The van der Waals surface area contributed by atoms with E-state index in [0.717, 1.165) is 18.0 Å². The van der Waals surface area contributed by atoms with E-state index in [1.54, 1.807) is 0 Å². The lowest BCUT2D eigenvalue weighted by molar-refractivity contribution is 0.546. The lowest BCUT2D eigenvalue weighted by Gasteiger charge is -2.14. The molecular weight excluding hydrogens is 266 g/mol. The summed E-state index contributed by atoms with van der Waals surface area (Å²) in [6, 6.07) is 19.1. The molecule has 0 aliphatic heterocycles. The second-order valence-electron chi connectivity index (χ2n) is 5.17. The van der Waals surface area contributed by atoms with Crippen LogP contribution in [0.1, 0.15) is 36.9 Å². The van der Waals surface area contributed by atoms with Gasteiger partial charge in [0.2, 0.25) is 0 Å². The quantitative estimate of drug-likeness (QED) is 0.706. The smallest absolute Gasteiger partial charge is 0.0406 e. The molecule has 2 rings (SSSR count). The summed E-state index contributed by atoms with van der Waals surface area (Å²) in [7, 11) is 0. The van der Waals surface area contributed by atoms with Crippen molar-refractivity contribution in [1.29, 1.82) is 0 Å². The monoisotopic (exact) mass is 287 g/mol. The molecule has 0 saturated carbocycles. The van der Waals surface area contributed by atoms with Gasteiger partial charge in [-0.25, -0.2) is 0 Å². The third-order valence-corrected chi connectivity index (χ3v) is 3.81. The normalized spacial score (nSPS) is 12.3. The van der Waals surface area contributed by atoms with Crippen LogP contribution in [0.2, 0.25) is 5.02 Å². The van der Waals surface area contributed by atoms with E-state index in [9.17, 15) is 0 Å². The van der Waals surface area contributed by atoms with E-state index in [0.29, 0.717) is 6.04 Å². The molecule has 0 fully saturated rings. The molecule has 2 aromatic carbocycles. The molecule has 0 aliphatic rings. The van der Waals surface area contributed by atoms with E-state index in [1.807, 2.05) is 12.1 Å². The summed E-state index contributed by atoms with van der Waals surface area (Å²) in [6.07, 6.45) is 3.59. The van der Waals surface area contributed by atoms with Gasteiger partial charge in [-0.15, -0.1) is 0 Å². The molecule has 0 amide bonds. The van der Waals surface area contributed by atoms with E-state index >= 15 is 0 Å². The molecule has 106 valence electrons. The van der Waals surface area contributed by atoms with Gasteiger partial charge in [0, 0.05) is 11.1 Å². The van der Waals surface area contributed by atoms with Gasteiger partial charge in [-0.2, -0.15) is 0 Å². The Bertz CT molecular complexity index is 493. The summed E-state index contributed by atoms with van der Waals surface area (Å²) in [5.74, 6) is 0. The second kappa shape index (κ2) is 8.08. The van der Waals surface area contributed by atoms with Gasteiger partial charge in [0.25, 0.3) is 0 Å². The predicted molar refractivity (Wildman–Crippen MR) is 87.2 cm³/mol. The van der Waals surface area contributed by atoms with Crippen LogP contribution in [-0.4, -0.2) is 6.54 Å². The van der Waals surface area contributed by atoms with Gasteiger partial charge in [-0.3, -0.25) is 0 Å². The number of rotatable bonds is 7. The molecule has 1 N–H and O–H groups in total. The zero-order chi connectivity index (χ0) is 14.2. The van der Waals surface area contributed by atoms with Crippen molar-refractivity contribution in [3.05, 3.63) is 70.7 Å². The van der Waals surface area contributed by atoms with Crippen molar-refractivity contribution in [2.75, 3.05) is 6.54 Å². The first-order valence-electron chi connectivity index (χ1n) is 7.28. The summed E-state index contributed by atoms with van der Waals surface area (Å²) in [6.45, 7) is 3.25. The summed E-state index contributed by atoms with van der Waals surface area (Å²) in [4.78, 5) is 0. The highest BCUT2D eigenvalue weighted by Crippen LogP contribution is 2.16. The lowest BCUT2D eigenvalue weighted by atomic mass is 10.1. The van der Waals surface area contributed by atoms with Crippen LogP contribution < -0.4 is 5.32 Å². The number of hydrogen-bond acceptors (Lipinski definition) is 1. The molecule has 2 aromatic rings. The fourth-order valence-electron chi connectivity index (χ4n) is 2.29. The maximum atomic E-state index is 5.90. The van der Waals surface area contributed by atoms with E-state index in [2.05, 4.69) is 54.7 Å². The number of hydrogen-bond donors (Lipinski definition) is 1. The van der Waals surface area contributed by atoms with Crippen LogP contribution in [-0.2, 0) is 6.42 Å². The SMILES string of the molecule is C[C@H](NCCCCc1ccccc1)c1ccc(Cl)cc1. The first-order valence-corrected chi connectivity index (χ1v) is 7.66. The molecule has 0 spiro atoms. The minimum atomic E-state index is 0.379. The summed E-state index contributed by atoms with van der Waals surface area (Å²) >= 11 is 5.90. The van der Waals surface area contributed by atoms with Crippen molar-refractivity contribution in [1.82, 2.24) is 5.32 Å². The van der Waals surface area contributed by atoms with Gasteiger partial charge in [0.15, 0.2) is 0 Å². The Labute approximate surface area is 127 Å². The number of benzene rings is 2. The topological polar surface area (TPSA) is 12.0 Å². The highest BCUT2D eigenvalue weighted by Gasteiger charge is 2.03. The van der Waals surface area contributed by atoms with Gasteiger partial charge < -0.3 is 5.32 Å². The van der Waals surface area contributed by atoms with Gasteiger partial charge in [-0.05, 0) is 56.0 Å². The highest BCUT2D eigenvalue weighted by atomic mass is 35.5. The van der Waals surface area contributed by atoms with E-state index in [1.165, 1.54) is 24.0 Å². The largest absolute Gasteiger partial charge is 0.310 e. The Morgan fingerprint density at radius 3 is 2.35 bits per heavy atom. The Hall–Kier alpha value is -1.31. The number of unbranched alkanes of at least 4 members (excludes halogenated alkanes) is 1. The predicted octanol–water partition coefficient (Wildman–Crippen LogP) is 5.01. The number of nitrogens with one attached hydrogen (secondary N) is 1. The van der Waals surface area contributed by atoms with Crippen LogP contribution in [0.3, 0.4) is 0 Å². The van der Waals surface area contributed by atoms with E-state index < -0.39 is 0 Å². The van der Waals surface area contributed by atoms with E-state index in [-0.39, 0.29) is 0 Å². The average Bonchev–Trinajstić information content (AvgIpc) is 2.48. The summed E-state index contributed by atoms with van der Waals surface area (Å²) < 4.78 is 0. The molecule has 0 bridgehead atoms.